The van der Waals surface area contributed by atoms with Crippen molar-refractivity contribution in [2.75, 3.05) is 18.4 Å². The second-order valence-electron chi connectivity index (χ2n) is 9.64. The molecule has 0 radical (unpaired) electrons. The molecular formula is C30H31F3N4O2. The molecule has 0 aliphatic rings. The Labute approximate surface area is 225 Å². The van der Waals surface area contributed by atoms with Crippen LogP contribution in [0.2, 0.25) is 0 Å². The number of nitrogens with zero attached hydrogens (tertiary/aromatic N) is 2. The van der Waals surface area contributed by atoms with E-state index in [1.807, 2.05) is 60.8 Å². The average molecular weight is 537 g/mol. The molecule has 0 fully saturated rings. The lowest BCUT2D eigenvalue weighted by atomic mass is 10.1. The number of halogens is 3. The molecule has 4 rings (SSSR count). The van der Waals surface area contributed by atoms with Crippen LogP contribution in [-0.4, -0.2) is 45.9 Å². The summed E-state index contributed by atoms with van der Waals surface area (Å²) < 4.78 is 38.6. The van der Waals surface area contributed by atoms with E-state index in [-0.39, 0.29) is 24.2 Å². The first-order valence-corrected chi connectivity index (χ1v) is 12.7. The number of aromatic nitrogens is 1. The molecule has 2 N–H and O–H groups in total. The van der Waals surface area contributed by atoms with E-state index in [1.54, 1.807) is 18.7 Å². The summed E-state index contributed by atoms with van der Waals surface area (Å²) in [5, 5.41) is 3.72. The maximum Gasteiger partial charge on any atom is 0.416 e. The van der Waals surface area contributed by atoms with Crippen molar-refractivity contribution in [2.45, 2.75) is 39.0 Å². The SMILES string of the molecule is CC(C)N(CC(=O)N(CCc1c[nH]c2ccccc12)Cc1ccccc1)C(=O)Nc1ccc(C(F)(F)F)cc1. The number of para-hydroxylation sites is 1. The van der Waals surface area contributed by atoms with Gasteiger partial charge in [-0.05, 0) is 61.7 Å². The molecule has 1 aromatic heterocycles. The molecule has 0 aliphatic carbocycles. The van der Waals surface area contributed by atoms with Crippen molar-refractivity contribution < 1.29 is 22.8 Å². The second kappa shape index (κ2) is 12.1. The van der Waals surface area contributed by atoms with Gasteiger partial charge in [0.15, 0.2) is 0 Å². The van der Waals surface area contributed by atoms with Crippen molar-refractivity contribution in [1.82, 2.24) is 14.8 Å². The number of amides is 3. The third-order valence-electron chi connectivity index (χ3n) is 6.55. The van der Waals surface area contributed by atoms with E-state index in [1.165, 1.54) is 17.0 Å². The molecule has 0 bridgehead atoms. The number of nitrogens with one attached hydrogen (secondary N) is 2. The number of aromatic amines is 1. The minimum Gasteiger partial charge on any atom is -0.361 e. The monoisotopic (exact) mass is 536 g/mol. The Morgan fingerprint density at radius 3 is 2.26 bits per heavy atom. The first-order valence-electron chi connectivity index (χ1n) is 12.7. The van der Waals surface area contributed by atoms with Gasteiger partial charge in [-0.25, -0.2) is 4.79 Å². The third kappa shape index (κ3) is 7.19. The van der Waals surface area contributed by atoms with Crippen molar-refractivity contribution in [2.24, 2.45) is 0 Å². The van der Waals surface area contributed by atoms with Gasteiger partial charge in [0.2, 0.25) is 5.91 Å². The van der Waals surface area contributed by atoms with Crippen LogP contribution in [0.5, 0.6) is 0 Å². The summed E-state index contributed by atoms with van der Waals surface area (Å²) in [7, 11) is 0. The molecule has 0 spiro atoms. The molecule has 204 valence electrons. The highest BCUT2D eigenvalue weighted by Gasteiger charge is 2.30. The first kappa shape index (κ1) is 27.8. The van der Waals surface area contributed by atoms with Crippen molar-refractivity contribution >= 4 is 28.5 Å². The van der Waals surface area contributed by atoms with Crippen molar-refractivity contribution in [3.8, 4) is 0 Å². The van der Waals surface area contributed by atoms with E-state index in [9.17, 15) is 22.8 Å². The zero-order valence-electron chi connectivity index (χ0n) is 21.8. The van der Waals surface area contributed by atoms with Crippen LogP contribution < -0.4 is 5.32 Å². The van der Waals surface area contributed by atoms with E-state index in [0.29, 0.717) is 19.5 Å². The Morgan fingerprint density at radius 1 is 0.923 bits per heavy atom. The Bertz CT molecular complexity index is 1400. The van der Waals surface area contributed by atoms with E-state index < -0.39 is 17.8 Å². The molecule has 39 heavy (non-hydrogen) atoms. The van der Waals surface area contributed by atoms with Gasteiger partial charge in [0.05, 0.1) is 5.56 Å². The summed E-state index contributed by atoms with van der Waals surface area (Å²) in [6.07, 6.45) is -1.89. The van der Waals surface area contributed by atoms with Crippen LogP contribution in [-0.2, 0) is 23.9 Å². The topological polar surface area (TPSA) is 68.4 Å². The summed E-state index contributed by atoms with van der Waals surface area (Å²) in [4.78, 5) is 33.0. The fraction of sp³-hybridized carbons (Fsp3) is 0.267. The van der Waals surface area contributed by atoms with Crippen LogP contribution in [0.3, 0.4) is 0 Å². The predicted molar refractivity (Wildman–Crippen MR) is 146 cm³/mol. The third-order valence-corrected chi connectivity index (χ3v) is 6.55. The largest absolute Gasteiger partial charge is 0.416 e. The highest BCUT2D eigenvalue weighted by molar-refractivity contribution is 5.92. The van der Waals surface area contributed by atoms with E-state index in [4.69, 9.17) is 0 Å². The van der Waals surface area contributed by atoms with Gasteiger partial charge in [0.1, 0.15) is 6.54 Å². The summed E-state index contributed by atoms with van der Waals surface area (Å²) in [5.74, 6) is -0.227. The molecule has 3 aromatic carbocycles. The zero-order valence-corrected chi connectivity index (χ0v) is 21.8. The summed E-state index contributed by atoms with van der Waals surface area (Å²) in [6.45, 7) is 4.22. The van der Waals surface area contributed by atoms with Gasteiger partial charge >= 0.3 is 12.2 Å². The molecular weight excluding hydrogens is 505 g/mol. The molecule has 0 atom stereocenters. The average Bonchev–Trinajstić information content (AvgIpc) is 3.32. The summed E-state index contributed by atoms with van der Waals surface area (Å²) in [5.41, 5.74) is 2.50. The second-order valence-corrected chi connectivity index (χ2v) is 9.64. The van der Waals surface area contributed by atoms with Gasteiger partial charge in [0.25, 0.3) is 0 Å². The lowest BCUT2D eigenvalue weighted by Gasteiger charge is -2.30. The van der Waals surface area contributed by atoms with Gasteiger partial charge in [-0.2, -0.15) is 13.2 Å². The standard InChI is InChI=1S/C30H31F3N4O2/c1-21(2)37(29(39)35-25-14-12-24(13-15-25)30(31,32)33)20-28(38)36(19-22-8-4-3-5-9-22)17-16-23-18-34-27-11-7-6-10-26(23)27/h3-15,18,21,34H,16-17,19-20H2,1-2H3,(H,35,39). The number of carbonyl (C=O) groups excluding carboxylic acids is 2. The van der Waals surface area contributed by atoms with Crippen molar-refractivity contribution in [3.05, 3.63) is 102 Å². The summed E-state index contributed by atoms with van der Waals surface area (Å²) >= 11 is 0. The van der Waals surface area contributed by atoms with E-state index in [2.05, 4.69) is 10.3 Å². The normalized spacial score (nSPS) is 11.5. The number of anilines is 1. The zero-order chi connectivity index (χ0) is 28.0. The number of H-pyrrole nitrogens is 1. The molecule has 0 unspecified atom stereocenters. The number of hydrogen-bond acceptors (Lipinski definition) is 2. The number of urea groups is 1. The van der Waals surface area contributed by atoms with Crippen LogP contribution in [0.4, 0.5) is 23.7 Å². The number of alkyl halides is 3. The lowest BCUT2D eigenvalue weighted by molar-refractivity contribution is -0.137. The molecule has 3 amide bonds. The Balaban J connectivity index is 1.48. The Morgan fingerprint density at radius 2 is 1.59 bits per heavy atom. The quantitative estimate of drug-likeness (QED) is 0.250. The first-order chi connectivity index (χ1) is 18.6. The number of benzene rings is 3. The van der Waals surface area contributed by atoms with Crippen LogP contribution in [0.15, 0.2) is 85.1 Å². The van der Waals surface area contributed by atoms with Gasteiger partial charge in [-0.1, -0.05) is 48.5 Å². The lowest BCUT2D eigenvalue weighted by Crippen LogP contribution is -2.47. The van der Waals surface area contributed by atoms with E-state index >= 15 is 0 Å². The van der Waals surface area contributed by atoms with Crippen LogP contribution in [0.25, 0.3) is 10.9 Å². The summed E-state index contributed by atoms with van der Waals surface area (Å²) in [6, 6.07) is 20.9. The van der Waals surface area contributed by atoms with Crippen molar-refractivity contribution in [1.29, 1.82) is 0 Å². The van der Waals surface area contributed by atoms with Crippen LogP contribution >= 0.6 is 0 Å². The van der Waals surface area contributed by atoms with Gasteiger partial charge in [0, 0.05) is 41.9 Å². The van der Waals surface area contributed by atoms with Crippen molar-refractivity contribution in [3.63, 3.8) is 0 Å². The molecule has 0 saturated heterocycles. The Hall–Kier alpha value is -4.27. The predicted octanol–water partition coefficient (Wildman–Crippen LogP) is 6.70. The molecule has 1 heterocycles. The Kier molecular flexibility index (Phi) is 8.59. The highest BCUT2D eigenvalue weighted by atomic mass is 19.4. The van der Waals surface area contributed by atoms with Gasteiger partial charge in [-0.15, -0.1) is 0 Å². The minimum atomic E-state index is -4.46. The molecule has 0 aliphatic heterocycles. The van der Waals surface area contributed by atoms with E-state index in [0.717, 1.165) is 34.2 Å². The number of hydrogen-bond donors (Lipinski definition) is 2. The van der Waals surface area contributed by atoms with Gasteiger partial charge < -0.3 is 20.1 Å². The molecule has 4 aromatic rings. The number of rotatable bonds is 9. The maximum absolute atomic E-state index is 13.6. The molecule has 6 nitrogen and oxygen atoms in total. The van der Waals surface area contributed by atoms with Crippen LogP contribution in [0, 0.1) is 0 Å². The highest BCUT2D eigenvalue weighted by Crippen LogP contribution is 2.30. The number of carbonyl (C=O) groups is 2. The molecule has 0 saturated carbocycles. The van der Waals surface area contributed by atoms with Gasteiger partial charge in [-0.3, -0.25) is 4.79 Å². The molecule has 9 heteroatoms. The fourth-order valence-electron chi connectivity index (χ4n) is 4.36. The van der Waals surface area contributed by atoms with Crippen LogP contribution in [0.1, 0.15) is 30.5 Å². The number of fused-ring (bicyclic) bond motifs is 1. The fourth-order valence-corrected chi connectivity index (χ4v) is 4.36. The smallest absolute Gasteiger partial charge is 0.361 e. The maximum atomic E-state index is 13.6. The minimum absolute atomic E-state index is 0.176.